The van der Waals surface area contributed by atoms with Crippen molar-refractivity contribution in [2.24, 2.45) is 0 Å². The molecule has 0 spiro atoms. The van der Waals surface area contributed by atoms with Crippen LogP contribution in [0.15, 0.2) is 47.1 Å². The van der Waals surface area contributed by atoms with Crippen LogP contribution < -0.4 is 10.1 Å². The number of furan rings is 1. The highest BCUT2D eigenvalue weighted by atomic mass is 16.5. The van der Waals surface area contributed by atoms with Crippen molar-refractivity contribution in [3.05, 3.63) is 54.0 Å². The summed E-state index contributed by atoms with van der Waals surface area (Å²) >= 11 is 0. The van der Waals surface area contributed by atoms with E-state index in [0.29, 0.717) is 18.9 Å². The Kier molecular flexibility index (Phi) is 7.10. The topological polar surface area (TPSA) is 63.9 Å². The molecule has 1 saturated heterocycles. The fourth-order valence-corrected chi connectivity index (χ4v) is 2.89. The largest absolute Gasteiger partial charge is 0.489 e. The number of amides is 1. The average Bonchev–Trinajstić information content (AvgIpc) is 3.16. The van der Waals surface area contributed by atoms with Gasteiger partial charge in [-0.2, -0.15) is 0 Å². The van der Waals surface area contributed by atoms with E-state index >= 15 is 0 Å². The minimum atomic E-state index is -0.187. The van der Waals surface area contributed by atoms with E-state index in [2.05, 4.69) is 10.2 Å². The number of unbranched alkanes of at least 4 members (excludes halogenated alkanes) is 1. The first-order chi connectivity index (χ1) is 12.8. The summed E-state index contributed by atoms with van der Waals surface area (Å²) in [6.45, 7) is 5.65. The average molecular weight is 358 g/mol. The van der Waals surface area contributed by atoms with Gasteiger partial charge in [0.2, 0.25) is 0 Å². The molecule has 140 valence electrons. The monoisotopic (exact) mass is 358 g/mol. The SMILES string of the molecule is O=C(NCCCCN1CCOCC1)c1occc1COc1ccccc1. The summed E-state index contributed by atoms with van der Waals surface area (Å²) in [4.78, 5) is 14.7. The summed E-state index contributed by atoms with van der Waals surface area (Å²) in [5, 5.41) is 2.93. The van der Waals surface area contributed by atoms with Gasteiger partial charge in [0, 0.05) is 25.2 Å². The maximum absolute atomic E-state index is 12.3. The third kappa shape index (κ3) is 5.61. The van der Waals surface area contributed by atoms with Gasteiger partial charge < -0.3 is 19.2 Å². The normalized spacial score (nSPS) is 14.9. The van der Waals surface area contributed by atoms with Crippen LogP contribution in [0.5, 0.6) is 5.75 Å². The van der Waals surface area contributed by atoms with Gasteiger partial charge in [0.15, 0.2) is 5.76 Å². The van der Waals surface area contributed by atoms with Gasteiger partial charge in [0.1, 0.15) is 12.4 Å². The van der Waals surface area contributed by atoms with E-state index in [1.807, 2.05) is 30.3 Å². The van der Waals surface area contributed by atoms with E-state index in [0.717, 1.165) is 57.0 Å². The summed E-state index contributed by atoms with van der Waals surface area (Å²) in [5.74, 6) is 0.908. The molecule has 1 aromatic carbocycles. The van der Waals surface area contributed by atoms with Gasteiger partial charge in [-0.25, -0.2) is 0 Å². The molecule has 1 N–H and O–H groups in total. The van der Waals surface area contributed by atoms with Gasteiger partial charge in [0.05, 0.1) is 19.5 Å². The van der Waals surface area contributed by atoms with Crippen LogP contribution in [0.1, 0.15) is 29.0 Å². The first kappa shape index (κ1) is 18.5. The molecule has 0 radical (unpaired) electrons. The second-order valence-electron chi connectivity index (χ2n) is 6.29. The number of morpholine rings is 1. The lowest BCUT2D eigenvalue weighted by Crippen LogP contribution is -2.37. The van der Waals surface area contributed by atoms with Gasteiger partial charge >= 0.3 is 0 Å². The van der Waals surface area contributed by atoms with Gasteiger partial charge in [-0.3, -0.25) is 9.69 Å². The Bertz CT molecular complexity index is 665. The van der Waals surface area contributed by atoms with Crippen molar-refractivity contribution in [2.45, 2.75) is 19.4 Å². The summed E-state index contributed by atoms with van der Waals surface area (Å²) < 4.78 is 16.4. The minimum Gasteiger partial charge on any atom is -0.489 e. The van der Waals surface area contributed by atoms with Crippen LogP contribution in [0.3, 0.4) is 0 Å². The van der Waals surface area contributed by atoms with E-state index in [-0.39, 0.29) is 5.91 Å². The Hall–Kier alpha value is -2.31. The Morgan fingerprint density at radius 3 is 2.73 bits per heavy atom. The van der Waals surface area contributed by atoms with Crippen molar-refractivity contribution in [1.29, 1.82) is 0 Å². The van der Waals surface area contributed by atoms with Crippen LogP contribution in [0.4, 0.5) is 0 Å². The Balaban J connectivity index is 1.37. The van der Waals surface area contributed by atoms with E-state index < -0.39 is 0 Å². The lowest BCUT2D eigenvalue weighted by molar-refractivity contribution is 0.0372. The molecule has 1 amide bonds. The molecule has 0 atom stereocenters. The summed E-state index contributed by atoms with van der Waals surface area (Å²) in [7, 11) is 0. The molecule has 6 nitrogen and oxygen atoms in total. The zero-order valence-corrected chi connectivity index (χ0v) is 15.0. The highest BCUT2D eigenvalue weighted by molar-refractivity contribution is 5.92. The number of nitrogens with one attached hydrogen (secondary N) is 1. The van der Waals surface area contributed by atoms with Gasteiger partial charge in [-0.05, 0) is 37.6 Å². The summed E-state index contributed by atoms with van der Waals surface area (Å²) in [5.41, 5.74) is 0.750. The molecule has 6 heteroatoms. The molecule has 0 bridgehead atoms. The standard InChI is InChI=1S/C20H26N2O4/c23-20(21-9-4-5-10-22-11-14-24-15-12-22)19-17(8-13-25-19)16-26-18-6-2-1-3-7-18/h1-3,6-8,13H,4-5,9-12,14-16H2,(H,21,23). The molecule has 1 aromatic heterocycles. The number of carbonyl (C=O) groups excluding carboxylic acids is 1. The van der Waals surface area contributed by atoms with Crippen LogP contribution >= 0.6 is 0 Å². The zero-order chi connectivity index (χ0) is 18.0. The van der Waals surface area contributed by atoms with Crippen LogP contribution in [0.2, 0.25) is 0 Å². The van der Waals surface area contributed by atoms with Crippen molar-refractivity contribution >= 4 is 5.91 Å². The number of rotatable bonds is 9. The Morgan fingerprint density at radius 1 is 1.12 bits per heavy atom. The van der Waals surface area contributed by atoms with Crippen LogP contribution in [-0.4, -0.2) is 50.2 Å². The van der Waals surface area contributed by atoms with E-state index in [1.165, 1.54) is 6.26 Å². The minimum absolute atomic E-state index is 0.187. The lowest BCUT2D eigenvalue weighted by atomic mass is 10.2. The molecule has 0 saturated carbocycles. The molecule has 0 unspecified atom stereocenters. The molecule has 1 aliphatic rings. The molecule has 26 heavy (non-hydrogen) atoms. The molecular weight excluding hydrogens is 332 g/mol. The second-order valence-corrected chi connectivity index (χ2v) is 6.29. The van der Waals surface area contributed by atoms with E-state index in [9.17, 15) is 4.79 Å². The Labute approximate surface area is 154 Å². The van der Waals surface area contributed by atoms with Crippen molar-refractivity contribution in [1.82, 2.24) is 10.2 Å². The Morgan fingerprint density at radius 2 is 1.92 bits per heavy atom. The van der Waals surface area contributed by atoms with Crippen molar-refractivity contribution in [3.8, 4) is 5.75 Å². The first-order valence-corrected chi connectivity index (χ1v) is 9.15. The molecule has 0 aliphatic carbocycles. The molecule has 1 aliphatic heterocycles. The third-order valence-electron chi connectivity index (χ3n) is 4.38. The summed E-state index contributed by atoms with van der Waals surface area (Å²) in [6, 6.07) is 11.3. The van der Waals surface area contributed by atoms with Crippen LogP contribution in [0.25, 0.3) is 0 Å². The lowest BCUT2D eigenvalue weighted by Gasteiger charge is -2.26. The van der Waals surface area contributed by atoms with E-state index in [1.54, 1.807) is 6.07 Å². The summed E-state index contributed by atoms with van der Waals surface area (Å²) in [6.07, 6.45) is 3.53. The number of ether oxygens (including phenoxy) is 2. The van der Waals surface area contributed by atoms with E-state index in [4.69, 9.17) is 13.9 Å². The molecule has 1 fully saturated rings. The molecule has 2 heterocycles. The predicted molar refractivity (Wildman–Crippen MR) is 98.3 cm³/mol. The number of benzene rings is 1. The van der Waals surface area contributed by atoms with Crippen molar-refractivity contribution in [3.63, 3.8) is 0 Å². The predicted octanol–water partition coefficient (Wildman–Crippen LogP) is 2.70. The maximum atomic E-state index is 12.3. The number of carbonyl (C=O) groups is 1. The fourth-order valence-electron chi connectivity index (χ4n) is 2.89. The maximum Gasteiger partial charge on any atom is 0.287 e. The highest BCUT2D eigenvalue weighted by Gasteiger charge is 2.15. The quantitative estimate of drug-likeness (QED) is 0.698. The van der Waals surface area contributed by atoms with Gasteiger partial charge in [0.25, 0.3) is 5.91 Å². The molecular formula is C20H26N2O4. The van der Waals surface area contributed by atoms with Crippen molar-refractivity contribution < 1.29 is 18.7 Å². The number of hydrogen-bond acceptors (Lipinski definition) is 5. The van der Waals surface area contributed by atoms with Crippen molar-refractivity contribution in [2.75, 3.05) is 39.4 Å². The third-order valence-corrected chi connectivity index (χ3v) is 4.38. The second kappa shape index (κ2) is 9.99. The zero-order valence-electron chi connectivity index (χ0n) is 15.0. The highest BCUT2D eigenvalue weighted by Crippen LogP contribution is 2.15. The van der Waals surface area contributed by atoms with Gasteiger partial charge in [-0.1, -0.05) is 18.2 Å². The van der Waals surface area contributed by atoms with Crippen LogP contribution in [0, 0.1) is 0 Å². The number of hydrogen-bond donors (Lipinski definition) is 1. The van der Waals surface area contributed by atoms with Gasteiger partial charge in [-0.15, -0.1) is 0 Å². The van der Waals surface area contributed by atoms with Crippen LogP contribution in [-0.2, 0) is 11.3 Å². The number of para-hydroxylation sites is 1. The number of nitrogens with zero attached hydrogens (tertiary/aromatic N) is 1. The molecule has 3 rings (SSSR count). The smallest absolute Gasteiger partial charge is 0.287 e. The first-order valence-electron chi connectivity index (χ1n) is 9.15. The molecule has 2 aromatic rings. The fraction of sp³-hybridized carbons (Fsp3) is 0.450.